The Hall–Kier alpha value is -2.49. The third-order valence-electron chi connectivity index (χ3n) is 18.9. The van der Waals surface area contributed by atoms with E-state index in [9.17, 15) is 19.5 Å². The lowest BCUT2D eigenvalue weighted by Crippen LogP contribution is -2.44. The van der Waals surface area contributed by atoms with Crippen LogP contribution in [0.1, 0.15) is 425 Å². The average molecular weight is 1310 g/mol. The maximum absolute atomic E-state index is 13.0. The minimum Gasteiger partial charge on any atom is -0.545 e. The quantitative estimate of drug-likeness (QED) is 0.0195. The zero-order chi connectivity index (χ0) is 67.5. The molecule has 0 aromatic rings. The van der Waals surface area contributed by atoms with Gasteiger partial charge in [-0.1, -0.05) is 397 Å². The molecule has 548 valence electrons. The lowest BCUT2D eigenvalue weighted by molar-refractivity contribution is -0.870. The fraction of sp³-hybridized carbons (Fsp3) is 0.893. The number of esters is 2. The van der Waals surface area contributed by atoms with Crippen molar-refractivity contribution >= 4 is 17.9 Å². The smallest absolute Gasteiger partial charge is 0.306 e. The van der Waals surface area contributed by atoms with Crippen molar-refractivity contribution in [3.8, 4) is 0 Å². The van der Waals surface area contributed by atoms with Crippen LogP contribution in [-0.4, -0.2) is 82.3 Å². The molecule has 0 bridgehead atoms. The summed E-state index contributed by atoms with van der Waals surface area (Å²) in [6.45, 7) is 4.82. The van der Waals surface area contributed by atoms with Crippen LogP contribution >= 0.6 is 0 Å². The Kier molecular flexibility index (Phi) is 73.3. The van der Waals surface area contributed by atoms with Gasteiger partial charge in [0.05, 0.1) is 40.3 Å². The number of quaternary nitrogens is 1. The summed E-state index contributed by atoms with van der Waals surface area (Å²) in [6.07, 6.45) is 94.3. The molecule has 0 saturated carbocycles. The van der Waals surface area contributed by atoms with E-state index < -0.39 is 24.3 Å². The van der Waals surface area contributed by atoms with E-state index in [4.69, 9.17) is 18.9 Å². The highest BCUT2D eigenvalue weighted by Gasteiger charge is 2.22. The number of unbranched alkanes of at least 4 members (excludes halogenated alkanes) is 57. The summed E-state index contributed by atoms with van der Waals surface area (Å²) in [6, 6.07) is 0. The summed E-state index contributed by atoms with van der Waals surface area (Å²) in [5.74, 6) is -2.25. The van der Waals surface area contributed by atoms with E-state index >= 15 is 0 Å². The summed E-state index contributed by atoms with van der Waals surface area (Å²) in [7, 11) is 5.95. The molecule has 0 radical (unpaired) electrons. The van der Waals surface area contributed by atoms with Gasteiger partial charge in [0, 0.05) is 12.8 Å². The number of rotatable bonds is 78. The van der Waals surface area contributed by atoms with Gasteiger partial charge in [-0.05, 0) is 51.4 Å². The summed E-state index contributed by atoms with van der Waals surface area (Å²) in [5, 5.41) is 11.9. The molecule has 2 unspecified atom stereocenters. The largest absolute Gasteiger partial charge is 0.545 e. The summed E-state index contributed by atoms with van der Waals surface area (Å²) in [5.41, 5.74) is 0. The lowest BCUT2D eigenvalue weighted by atomic mass is 10.0. The van der Waals surface area contributed by atoms with E-state index in [1.165, 1.54) is 347 Å². The monoisotopic (exact) mass is 1310 g/mol. The third-order valence-corrected chi connectivity index (χ3v) is 18.9. The number of hydrogen-bond donors (Lipinski definition) is 0. The van der Waals surface area contributed by atoms with E-state index in [-0.39, 0.29) is 32.2 Å². The number of carbonyl (C=O) groups excluding carboxylic acids is 3. The van der Waals surface area contributed by atoms with Gasteiger partial charge >= 0.3 is 11.9 Å². The second kappa shape index (κ2) is 75.3. The molecule has 0 fully saturated rings. The molecule has 0 aliphatic rings. The zero-order valence-corrected chi connectivity index (χ0v) is 62.9. The van der Waals surface area contributed by atoms with Crippen molar-refractivity contribution in [2.45, 2.75) is 437 Å². The van der Waals surface area contributed by atoms with Gasteiger partial charge in [-0.15, -0.1) is 0 Å². The number of carboxylic acid groups (broad SMARTS) is 1. The summed E-state index contributed by atoms with van der Waals surface area (Å²) < 4.78 is 22.9. The Morgan fingerprint density at radius 1 is 0.323 bits per heavy atom. The number of nitrogens with zero attached hydrogens (tertiary/aromatic N) is 1. The molecule has 0 aromatic heterocycles. The fourth-order valence-corrected chi connectivity index (χ4v) is 12.6. The fourth-order valence-electron chi connectivity index (χ4n) is 12.6. The standard InChI is InChI=1S/C84H159NO8/c1-6-8-10-12-14-16-18-20-22-24-26-28-30-32-34-36-38-39-40-41-42-43-45-47-49-51-53-55-57-59-61-63-65-67-69-71-73-75-82(87)93-80(79-92-84(83(88)89)90-77-76-85(3,4)5)78-91-81(86)74-72-70-68-66-64-62-60-58-56-54-52-50-48-46-44-37-35-33-31-29-27-25-23-21-19-17-15-13-11-9-7-2/h18,20,24,26,30,32,80,84H,6-17,19,21-23,25,27-29,31,33-79H2,1-5H3/b20-18-,26-24-,32-30-. The normalized spacial score (nSPS) is 12.7. The van der Waals surface area contributed by atoms with Crippen molar-refractivity contribution < 1.29 is 42.9 Å². The molecule has 0 saturated heterocycles. The van der Waals surface area contributed by atoms with Crippen LogP contribution in [0.15, 0.2) is 36.5 Å². The minimum atomic E-state index is -1.62. The maximum atomic E-state index is 13.0. The Labute approximate surface area is 579 Å². The molecule has 9 heteroatoms. The van der Waals surface area contributed by atoms with E-state index in [1.807, 2.05) is 21.1 Å². The van der Waals surface area contributed by atoms with Gasteiger partial charge in [0.2, 0.25) is 0 Å². The molecular formula is C84H159NO8. The predicted octanol–water partition coefficient (Wildman–Crippen LogP) is 24.9. The Bertz CT molecular complexity index is 1620. The number of aliphatic carboxylic acids is 1. The predicted molar refractivity (Wildman–Crippen MR) is 399 cm³/mol. The highest BCUT2D eigenvalue weighted by molar-refractivity contribution is 5.70. The van der Waals surface area contributed by atoms with E-state index in [0.717, 1.165) is 51.4 Å². The van der Waals surface area contributed by atoms with E-state index in [0.29, 0.717) is 17.4 Å². The van der Waals surface area contributed by atoms with Crippen molar-refractivity contribution in [1.29, 1.82) is 0 Å². The first-order valence-corrected chi connectivity index (χ1v) is 41.1. The number of carboxylic acids is 1. The summed E-state index contributed by atoms with van der Waals surface area (Å²) in [4.78, 5) is 37.6. The molecule has 2 atom stereocenters. The number of hydrogen-bond acceptors (Lipinski definition) is 8. The maximum Gasteiger partial charge on any atom is 0.306 e. The molecule has 0 aromatic carbocycles. The molecule has 0 spiro atoms. The number of ether oxygens (including phenoxy) is 4. The van der Waals surface area contributed by atoms with Gasteiger partial charge in [0.15, 0.2) is 12.4 Å². The first-order chi connectivity index (χ1) is 45.6. The average Bonchev–Trinajstić information content (AvgIpc) is 3.73. The number of likely N-dealkylation sites (N-methyl/N-ethyl adjacent to an activating group) is 1. The van der Waals surface area contributed by atoms with Gasteiger partial charge in [-0.3, -0.25) is 9.59 Å². The van der Waals surface area contributed by atoms with Crippen LogP contribution < -0.4 is 5.11 Å². The third kappa shape index (κ3) is 76.7. The van der Waals surface area contributed by atoms with Crippen molar-refractivity contribution in [1.82, 2.24) is 0 Å². The highest BCUT2D eigenvalue weighted by Crippen LogP contribution is 2.20. The first kappa shape index (κ1) is 90.5. The molecule has 93 heavy (non-hydrogen) atoms. The van der Waals surface area contributed by atoms with Crippen molar-refractivity contribution in [2.75, 3.05) is 47.5 Å². The van der Waals surface area contributed by atoms with Crippen molar-refractivity contribution in [2.24, 2.45) is 0 Å². The molecule has 0 N–H and O–H groups in total. The molecule has 0 aliphatic carbocycles. The van der Waals surface area contributed by atoms with Crippen LogP contribution in [0, 0.1) is 0 Å². The SMILES string of the molecule is CCCCCCC/C=C\C/C=C\C/C=C\CCCCCCCCCCCCCCCCCCCCCCCCC(=O)OC(COC(=O)CCCCCCCCCCCCCCCCCCCCCCCCCCCCCCCCC)COC(OCC[N+](C)(C)C)C(=O)[O-]. The van der Waals surface area contributed by atoms with Gasteiger partial charge in [-0.25, -0.2) is 0 Å². The highest BCUT2D eigenvalue weighted by atomic mass is 16.7. The Morgan fingerprint density at radius 3 is 0.860 bits per heavy atom. The van der Waals surface area contributed by atoms with Crippen molar-refractivity contribution in [3.63, 3.8) is 0 Å². The van der Waals surface area contributed by atoms with Gasteiger partial charge in [0.1, 0.15) is 13.2 Å². The van der Waals surface area contributed by atoms with Gasteiger partial charge in [-0.2, -0.15) is 0 Å². The lowest BCUT2D eigenvalue weighted by Gasteiger charge is -2.26. The topological polar surface area (TPSA) is 111 Å². The van der Waals surface area contributed by atoms with Gasteiger partial charge in [0.25, 0.3) is 0 Å². The van der Waals surface area contributed by atoms with Crippen molar-refractivity contribution in [3.05, 3.63) is 36.5 Å². The van der Waals surface area contributed by atoms with Crippen LogP contribution in [-0.2, 0) is 33.3 Å². The van der Waals surface area contributed by atoms with E-state index in [2.05, 4.69) is 50.3 Å². The van der Waals surface area contributed by atoms with Gasteiger partial charge < -0.3 is 33.3 Å². The van der Waals surface area contributed by atoms with Crippen LogP contribution in [0.2, 0.25) is 0 Å². The Morgan fingerprint density at radius 2 is 0.581 bits per heavy atom. The number of carbonyl (C=O) groups is 3. The second-order valence-corrected chi connectivity index (χ2v) is 29.4. The second-order valence-electron chi connectivity index (χ2n) is 29.4. The van der Waals surface area contributed by atoms with Crippen LogP contribution in [0.3, 0.4) is 0 Å². The van der Waals surface area contributed by atoms with E-state index in [1.54, 1.807) is 0 Å². The van der Waals surface area contributed by atoms with Crippen LogP contribution in [0.4, 0.5) is 0 Å². The molecular weight excluding hydrogens is 1150 g/mol. The van der Waals surface area contributed by atoms with Crippen LogP contribution in [0.5, 0.6) is 0 Å². The molecule has 0 heterocycles. The molecule has 0 amide bonds. The molecule has 0 rings (SSSR count). The number of allylic oxidation sites excluding steroid dienone is 6. The first-order valence-electron chi connectivity index (χ1n) is 41.1. The minimum absolute atomic E-state index is 0.152. The molecule has 9 nitrogen and oxygen atoms in total. The zero-order valence-electron chi connectivity index (χ0n) is 62.9. The Balaban J connectivity index is 3.95. The van der Waals surface area contributed by atoms with Crippen LogP contribution in [0.25, 0.3) is 0 Å². The molecule has 0 aliphatic heterocycles. The summed E-state index contributed by atoms with van der Waals surface area (Å²) >= 11 is 0.